The second-order valence-corrected chi connectivity index (χ2v) is 6.47. The minimum atomic E-state index is -0.669. The molecule has 0 amide bonds. The molecule has 3 rings (SSSR count). The Morgan fingerprint density at radius 2 is 2.00 bits per heavy atom. The maximum absolute atomic E-state index is 10.8. The van der Waals surface area contributed by atoms with Gasteiger partial charge in [0.05, 0.1) is 12.2 Å². The van der Waals surface area contributed by atoms with Crippen molar-refractivity contribution < 1.29 is 9.84 Å². The van der Waals surface area contributed by atoms with Crippen LogP contribution in [0.5, 0.6) is 0 Å². The molecule has 0 heterocycles. The molecule has 3 aliphatic carbocycles. The zero-order valence-corrected chi connectivity index (χ0v) is 12.5. The Balaban J connectivity index is 2.05. The largest absolute Gasteiger partial charge is 0.385 e. The molecule has 0 radical (unpaired) electrons. The fourth-order valence-electron chi connectivity index (χ4n) is 3.98. The molecule has 1 saturated carbocycles. The molecule has 3 aliphatic rings. The predicted molar refractivity (Wildman–Crippen MR) is 76.9 cm³/mol. The molecule has 1 fully saturated rings. The van der Waals surface area contributed by atoms with Crippen molar-refractivity contribution in [3.63, 3.8) is 0 Å². The van der Waals surface area contributed by atoms with Crippen molar-refractivity contribution in [3.8, 4) is 0 Å². The summed E-state index contributed by atoms with van der Waals surface area (Å²) < 4.78 is 5.64. The van der Waals surface area contributed by atoms with E-state index in [1.165, 1.54) is 27.9 Å². The van der Waals surface area contributed by atoms with Crippen molar-refractivity contribution in [3.05, 3.63) is 33.9 Å². The summed E-state index contributed by atoms with van der Waals surface area (Å²) in [5.74, 6) is 0. The normalized spacial score (nSPS) is 31.9. The maximum atomic E-state index is 10.8. The van der Waals surface area contributed by atoms with Crippen LogP contribution in [0.25, 0.3) is 0 Å². The smallest absolute Gasteiger partial charge is 0.0898 e. The SMILES string of the molecule is CCOCC1=C(C)CC2=C[C@@](C)(O)C3(CC3)C(C)=C21. The Morgan fingerprint density at radius 1 is 1.32 bits per heavy atom. The Hall–Kier alpha value is -0.860. The predicted octanol–water partition coefficient (Wildman–Crippen LogP) is 3.53. The van der Waals surface area contributed by atoms with Crippen LogP contribution in [0.4, 0.5) is 0 Å². The van der Waals surface area contributed by atoms with Crippen LogP contribution < -0.4 is 0 Å². The van der Waals surface area contributed by atoms with Gasteiger partial charge in [-0.15, -0.1) is 0 Å². The topological polar surface area (TPSA) is 29.5 Å². The first kappa shape index (κ1) is 13.1. The van der Waals surface area contributed by atoms with Crippen molar-refractivity contribution in [2.45, 2.75) is 52.6 Å². The van der Waals surface area contributed by atoms with Crippen LogP contribution in [-0.2, 0) is 4.74 Å². The summed E-state index contributed by atoms with van der Waals surface area (Å²) in [5.41, 5.74) is 6.21. The van der Waals surface area contributed by atoms with Crippen LogP contribution in [0, 0.1) is 5.41 Å². The standard InChI is InChI=1S/C17H24O2/c1-5-19-10-14-11(2)8-13-9-16(4,18)17(6-7-17)12(3)15(13)14/h9,18H,5-8,10H2,1-4H3/t16-/m1/s1. The van der Waals surface area contributed by atoms with Crippen molar-refractivity contribution in [2.24, 2.45) is 5.41 Å². The minimum absolute atomic E-state index is 0.00786. The molecule has 2 heteroatoms. The molecule has 1 atom stereocenters. The van der Waals surface area contributed by atoms with Crippen molar-refractivity contribution in [1.29, 1.82) is 0 Å². The Labute approximate surface area is 115 Å². The Kier molecular flexibility index (Phi) is 2.81. The first-order chi connectivity index (χ1) is 8.93. The average molecular weight is 260 g/mol. The minimum Gasteiger partial charge on any atom is -0.385 e. The second kappa shape index (κ2) is 4.07. The molecule has 19 heavy (non-hydrogen) atoms. The molecular weight excluding hydrogens is 236 g/mol. The van der Waals surface area contributed by atoms with Gasteiger partial charge in [-0.3, -0.25) is 0 Å². The van der Waals surface area contributed by atoms with Gasteiger partial charge in [-0.05, 0) is 69.8 Å². The van der Waals surface area contributed by atoms with Gasteiger partial charge in [-0.2, -0.15) is 0 Å². The lowest BCUT2D eigenvalue weighted by molar-refractivity contribution is 0.0456. The summed E-state index contributed by atoms with van der Waals surface area (Å²) >= 11 is 0. The zero-order valence-electron chi connectivity index (χ0n) is 12.5. The quantitative estimate of drug-likeness (QED) is 0.841. The van der Waals surface area contributed by atoms with Gasteiger partial charge >= 0.3 is 0 Å². The lowest BCUT2D eigenvalue weighted by atomic mass is 9.71. The van der Waals surface area contributed by atoms with Crippen molar-refractivity contribution in [1.82, 2.24) is 0 Å². The molecule has 104 valence electrons. The molecule has 0 unspecified atom stereocenters. The third kappa shape index (κ3) is 1.70. The molecule has 0 bridgehead atoms. The third-order valence-corrected chi connectivity index (χ3v) is 5.31. The van der Waals surface area contributed by atoms with E-state index in [1.807, 2.05) is 13.8 Å². The van der Waals surface area contributed by atoms with E-state index in [2.05, 4.69) is 19.9 Å². The molecule has 1 spiro atoms. The van der Waals surface area contributed by atoms with E-state index < -0.39 is 5.60 Å². The van der Waals surface area contributed by atoms with E-state index in [9.17, 15) is 5.11 Å². The lowest BCUT2D eigenvalue weighted by Crippen LogP contribution is -2.38. The summed E-state index contributed by atoms with van der Waals surface area (Å²) in [5, 5.41) is 10.8. The van der Waals surface area contributed by atoms with Crippen molar-refractivity contribution >= 4 is 0 Å². The summed E-state index contributed by atoms with van der Waals surface area (Å²) in [6, 6.07) is 0. The number of ether oxygens (including phenoxy) is 1. The van der Waals surface area contributed by atoms with Gasteiger partial charge in [0, 0.05) is 12.0 Å². The average Bonchev–Trinajstić information content (AvgIpc) is 3.07. The highest BCUT2D eigenvalue weighted by atomic mass is 16.5. The first-order valence-corrected chi connectivity index (χ1v) is 7.35. The van der Waals surface area contributed by atoms with Crippen LogP contribution in [0.15, 0.2) is 33.9 Å². The number of fused-ring (bicyclic) bond motifs is 1. The molecule has 0 aromatic carbocycles. The summed E-state index contributed by atoms with van der Waals surface area (Å²) in [6.07, 6.45) is 5.31. The molecular formula is C17H24O2. The van der Waals surface area contributed by atoms with Gasteiger partial charge < -0.3 is 9.84 Å². The maximum Gasteiger partial charge on any atom is 0.0898 e. The van der Waals surface area contributed by atoms with Crippen LogP contribution in [0.3, 0.4) is 0 Å². The zero-order chi connectivity index (χ0) is 13.8. The van der Waals surface area contributed by atoms with E-state index in [0.29, 0.717) is 6.61 Å². The molecule has 0 aromatic rings. The highest BCUT2D eigenvalue weighted by Crippen LogP contribution is 2.64. The summed E-state index contributed by atoms with van der Waals surface area (Å²) in [7, 11) is 0. The van der Waals surface area contributed by atoms with E-state index >= 15 is 0 Å². The highest BCUT2D eigenvalue weighted by Gasteiger charge is 2.59. The van der Waals surface area contributed by atoms with E-state index in [0.717, 1.165) is 25.9 Å². The van der Waals surface area contributed by atoms with E-state index in [4.69, 9.17) is 4.74 Å². The van der Waals surface area contributed by atoms with Gasteiger partial charge in [0.25, 0.3) is 0 Å². The number of allylic oxidation sites excluding steroid dienone is 2. The van der Waals surface area contributed by atoms with E-state index in [-0.39, 0.29) is 5.41 Å². The second-order valence-electron chi connectivity index (χ2n) is 6.47. The molecule has 2 nitrogen and oxygen atoms in total. The van der Waals surface area contributed by atoms with Crippen LogP contribution in [0.1, 0.15) is 47.0 Å². The van der Waals surface area contributed by atoms with Gasteiger partial charge in [0.2, 0.25) is 0 Å². The lowest BCUT2D eigenvalue weighted by Gasteiger charge is -2.37. The number of aliphatic hydroxyl groups is 1. The Morgan fingerprint density at radius 3 is 2.58 bits per heavy atom. The van der Waals surface area contributed by atoms with Gasteiger partial charge in [-0.25, -0.2) is 0 Å². The van der Waals surface area contributed by atoms with Crippen LogP contribution in [-0.4, -0.2) is 23.9 Å². The fourth-order valence-corrected chi connectivity index (χ4v) is 3.98. The third-order valence-electron chi connectivity index (χ3n) is 5.31. The van der Waals surface area contributed by atoms with Gasteiger partial charge in [-0.1, -0.05) is 11.1 Å². The molecule has 0 aliphatic heterocycles. The van der Waals surface area contributed by atoms with E-state index in [1.54, 1.807) is 0 Å². The van der Waals surface area contributed by atoms with Crippen LogP contribution in [0.2, 0.25) is 0 Å². The molecule has 0 aromatic heterocycles. The monoisotopic (exact) mass is 260 g/mol. The number of hydrogen-bond acceptors (Lipinski definition) is 2. The van der Waals surface area contributed by atoms with Gasteiger partial charge in [0.15, 0.2) is 0 Å². The molecule has 1 N–H and O–H groups in total. The summed E-state index contributed by atoms with van der Waals surface area (Å²) in [6.45, 7) is 9.89. The number of hydrogen-bond donors (Lipinski definition) is 1. The Bertz CT molecular complexity index is 513. The first-order valence-electron chi connectivity index (χ1n) is 7.35. The number of rotatable bonds is 3. The van der Waals surface area contributed by atoms with Crippen molar-refractivity contribution in [2.75, 3.05) is 13.2 Å². The molecule has 0 saturated heterocycles. The summed E-state index contributed by atoms with van der Waals surface area (Å²) in [4.78, 5) is 0. The van der Waals surface area contributed by atoms with Crippen LogP contribution >= 0.6 is 0 Å². The fraction of sp³-hybridized carbons (Fsp3) is 0.647. The highest BCUT2D eigenvalue weighted by molar-refractivity contribution is 5.64. The van der Waals surface area contributed by atoms with Gasteiger partial charge in [0.1, 0.15) is 0 Å².